The maximum atomic E-state index is 11.8. The summed E-state index contributed by atoms with van der Waals surface area (Å²) in [5.41, 5.74) is 3.40. The van der Waals surface area contributed by atoms with Crippen molar-refractivity contribution in [3.63, 3.8) is 0 Å². The van der Waals surface area contributed by atoms with E-state index in [2.05, 4.69) is 13.0 Å². The van der Waals surface area contributed by atoms with Gasteiger partial charge in [-0.05, 0) is 60.3 Å². The molecule has 0 radical (unpaired) electrons. The van der Waals surface area contributed by atoms with Gasteiger partial charge in [-0.3, -0.25) is 4.79 Å². The standard InChI is InChI=1S/C18H22O3/c1-3-18-9-8-15(19)11-14(18)6-4-12-10-13(17(20)21-2)5-7-16(12)18/h5,7,10,14H,3-4,6,8-9,11H2,1-2H3. The quantitative estimate of drug-likeness (QED) is 0.782. The van der Waals surface area contributed by atoms with Gasteiger partial charge in [0.05, 0.1) is 12.7 Å². The van der Waals surface area contributed by atoms with Gasteiger partial charge in [0.1, 0.15) is 5.78 Å². The smallest absolute Gasteiger partial charge is 0.337 e. The predicted octanol–water partition coefficient (Wildman–Crippen LogP) is 3.44. The molecule has 1 aromatic rings. The molecule has 0 amide bonds. The molecular weight excluding hydrogens is 264 g/mol. The zero-order chi connectivity index (χ0) is 15.0. The Hall–Kier alpha value is -1.64. The number of carbonyl (C=O) groups excluding carboxylic acids is 2. The van der Waals surface area contributed by atoms with E-state index in [1.165, 1.54) is 18.2 Å². The van der Waals surface area contributed by atoms with Crippen molar-refractivity contribution >= 4 is 11.8 Å². The topological polar surface area (TPSA) is 43.4 Å². The molecule has 0 heterocycles. The first kappa shape index (κ1) is 14.3. The third-order valence-electron chi connectivity index (χ3n) is 5.56. The van der Waals surface area contributed by atoms with Crippen LogP contribution in [0.15, 0.2) is 18.2 Å². The second-order valence-electron chi connectivity index (χ2n) is 6.35. The lowest BCUT2D eigenvalue weighted by atomic mass is 9.56. The number of carbonyl (C=O) groups is 2. The van der Waals surface area contributed by atoms with Gasteiger partial charge in [0.25, 0.3) is 0 Å². The maximum absolute atomic E-state index is 11.8. The number of hydrogen-bond acceptors (Lipinski definition) is 3. The number of rotatable bonds is 2. The van der Waals surface area contributed by atoms with E-state index in [9.17, 15) is 9.59 Å². The Bertz CT molecular complexity index is 590. The minimum atomic E-state index is -0.274. The van der Waals surface area contributed by atoms with Gasteiger partial charge >= 0.3 is 5.97 Å². The van der Waals surface area contributed by atoms with E-state index in [1.807, 2.05) is 12.1 Å². The summed E-state index contributed by atoms with van der Waals surface area (Å²) in [7, 11) is 1.41. The number of Topliss-reactive ketones (excluding diaryl/α,β-unsaturated/α-hetero) is 1. The first-order valence-electron chi connectivity index (χ1n) is 7.84. The summed E-state index contributed by atoms with van der Waals surface area (Å²) >= 11 is 0. The van der Waals surface area contributed by atoms with E-state index < -0.39 is 0 Å². The van der Waals surface area contributed by atoms with E-state index >= 15 is 0 Å². The first-order chi connectivity index (χ1) is 10.1. The van der Waals surface area contributed by atoms with E-state index in [-0.39, 0.29) is 11.4 Å². The Labute approximate surface area is 125 Å². The van der Waals surface area contributed by atoms with Crippen molar-refractivity contribution in [2.45, 2.75) is 50.9 Å². The number of ether oxygens (including phenoxy) is 1. The second-order valence-corrected chi connectivity index (χ2v) is 6.35. The Morgan fingerprint density at radius 1 is 1.38 bits per heavy atom. The molecule has 2 aliphatic carbocycles. The monoisotopic (exact) mass is 286 g/mol. The number of hydrogen-bond donors (Lipinski definition) is 0. The zero-order valence-electron chi connectivity index (χ0n) is 12.8. The van der Waals surface area contributed by atoms with Crippen LogP contribution >= 0.6 is 0 Å². The van der Waals surface area contributed by atoms with Gasteiger partial charge in [-0.1, -0.05) is 13.0 Å². The number of aryl methyl sites for hydroxylation is 1. The molecule has 1 aromatic carbocycles. The van der Waals surface area contributed by atoms with Crippen LogP contribution in [0.4, 0.5) is 0 Å². The summed E-state index contributed by atoms with van der Waals surface area (Å²) in [6.07, 6.45) is 5.46. The van der Waals surface area contributed by atoms with Gasteiger partial charge in [0, 0.05) is 12.8 Å². The van der Waals surface area contributed by atoms with Gasteiger partial charge in [0.2, 0.25) is 0 Å². The van der Waals surface area contributed by atoms with Gasteiger partial charge in [-0.2, -0.15) is 0 Å². The maximum Gasteiger partial charge on any atom is 0.337 e. The van der Waals surface area contributed by atoms with Gasteiger partial charge in [-0.15, -0.1) is 0 Å². The molecule has 0 saturated heterocycles. The minimum absolute atomic E-state index is 0.135. The normalized spacial score (nSPS) is 27.7. The fourth-order valence-corrected chi connectivity index (χ4v) is 4.39. The van der Waals surface area contributed by atoms with E-state index in [4.69, 9.17) is 4.74 Å². The van der Waals surface area contributed by atoms with Crippen LogP contribution in [0.2, 0.25) is 0 Å². The van der Waals surface area contributed by atoms with Crippen LogP contribution in [0.25, 0.3) is 0 Å². The van der Waals surface area contributed by atoms with Crippen molar-refractivity contribution in [1.29, 1.82) is 0 Å². The summed E-state index contributed by atoms with van der Waals surface area (Å²) < 4.78 is 4.82. The Kier molecular flexibility index (Phi) is 3.60. The first-order valence-corrected chi connectivity index (χ1v) is 7.84. The molecule has 21 heavy (non-hydrogen) atoms. The number of methoxy groups -OCH3 is 1. The van der Waals surface area contributed by atoms with Gasteiger partial charge in [0.15, 0.2) is 0 Å². The molecule has 1 fully saturated rings. The average Bonchev–Trinajstić information content (AvgIpc) is 2.53. The number of esters is 1. The highest BCUT2D eigenvalue weighted by molar-refractivity contribution is 5.89. The van der Waals surface area contributed by atoms with Gasteiger partial charge < -0.3 is 4.74 Å². The SMILES string of the molecule is CCC12CCC(=O)CC1CCc1cc(C(=O)OC)ccc12. The molecule has 3 rings (SSSR count). The average molecular weight is 286 g/mol. The van der Waals surface area contributed by atoms with Crippen LogP contribution < -0.4 is 0 Å². The van der Waals surface area contributed by atoms with Crippen molar-refractivity contribution < 1.29 is 14.3 Å². The van der Waals surface area contributed by atoms with Crippen LogP contribution in [0.5, 0.6) is 0 Å². The van der Waals surface area contributed by atoms with E-state index in [1.54, 1.807) is 0 Å². The molecular formula is C18H22O3. The van der Waals surface area contributed by atoms with Crippen molar-refractivity contribution in [3.05, 3.63) is 34.9 Å². The molecule has 1 saturated carbocycles. The van der Waals surface area contributed by atoms with E-state index in [0.29, 0.717) is 23.7 Å². The Balaban J connectivity index is 2.04. The second kappa shape index (κ2) is 5.28. The van der Waals surface area contributed by atoms with Crippen molar-refractivity contribution in [1.82, 2.24) is 0 Å². The van der Waals surface area contributed by atoms with Crippen LogP contribution in [-0.2, 0) is 21.4 Å². The summed E-state index contributed by atoms with van der Waals surface area (Å²) in [5, 5.41) is 0. The molecule has 0 bridgehead atoms. The van der Waals surface area contributed by atoms with Crippen LogP contribution in [-0.4, -0.2) is 18.9 Å². The summed E-state index contributed by atoms with van der Waals surface area (Å²) in [6.45, 7) is 2.23. The third-order valence-corrected chi connectivity index (χ3v) is 5.56. The third kappa shape index (κ3) is 2.19. The number of fused-ring (bicyclic) bond motifs is 3. The molecule has 112 valence electrons. The fourth-order valence-electron chi connectivity index (χ4n) is 4.39. The molecule has 3 nitrogen and oxygen atoms in total. The summed E-state index contributed by atoms with van der Waals surface area (Å²) in [5.74, 6) is 0.614. The molecule has 0 spiro atoms. The zero-order valence-corrected chi connectivity index (χ0v) is 12.8. The summed E-state index contributed by atoms with van der Waals surface area (Å²) in [6, 6.07) is 5.97. The highest BCUT2D eigenvalue weighted by Gasteiger charge is 2.46. The fraction of sp³-hybridized carbons (Fsp3) is 0.556. The van der Waals surface area contributed by atoms with Crippen molar-refractivity contribution in [3.8, 4) is 0 Å². The number of benzene rings is 1. The lowest BCUT2D eigenvalue weighted by Gasteiger charge is -2.48. The van der Waals surface area contributed by atoms with E-state index in [0.717, 1.165) is 32.1 Å². The number of ketones is 1. The Morgan fingerprint density at radius 2 is 2.19 bits per heavy atom. The Morgan fingerprint density at radius 3 is 2.90 bits per heavy atom. The summed E-state index contributed by atoms with van der Waals surface area (Å²) in [4.78, 5) is 23.5. The van der Waals surface area contributed by atoms with Crippen molar-refractivity contribution in [2.75, 3.05) is 7.11 Å². The molecule has 0 aromatic heterocycles. The lowest BCUT2D eigenvalue weighted by Crippen LogP contribution is -2.43. The molecule has 2 atom stereocenters. The molecule has 0 N–H and O–H groups in total. The largest absolute Gasteiger partial charge is 0.465 e. The van der Waals surface area contributed by atoms with Crippen LogP contribution in [0.1, 0.15) is 60.5 Å². The van der Waals surface area contributed by atoms with Crippen LogP contribution in [0.3, 0.4) is 0 Å². The highest BCUT2D eigenvalue weighted by atomic mass is 16.5. The molecule has 2 unspecified atom stereocenters. The van der Waals surface area contributed by atoms with Crippen molar-refractivity contribution in [2.24, 2.45) is 5.92 Å². The predicted molar refractivity (Wildman–Crippen MR) is 80.4 cm³/mol. The minimum Gasteiger partial charge on any atom is -0.465 e. The highest BCUT2D eigenvalue weighted by Crippen LogP contribution is 2.51. The van der Waals surface area contributed by atoms with Crippen LogP contribution in [0, 0.1) is 5.92 Å². The lowest BCUT2D eigenvalue weighted by molar-refractivity contribution is -0.123. The molecule has 3 heteroatoms. The molecule has 2 aliphatic rings. The molecule has 0 aliphatic heterocycles. The van der Waals surface area contributed by atoms with Gasteiger partial charge in [-0.25, -0.2) is 4.79 Å².